The lowest BCUT2D eigenvalue weighted by atomic mass is 10.2. The molecule has 3 N–H and O–H groups in total. The first-order chi connectivity index (χ1) is 8.36. The molecule has 0 unspecified atom stereocenters. The van der Waals surface area contributed by atoms with Gasteiger partial charge in [-0.1, -0.05) is 12.1 Å². The standard InChI is InChI=1S/C13H22N2O2/c1-16-8-9-17-11-12-4-2-5-13(10-12)15-7-3-6-14/h2,4-5,10,15H,3,6-9,11,14H2,1H3. The molecule has 0 spiro atoms. The van der Waals surface area contributed by atoms with Crippen molar-refractivity contribution in [2.75, 3.05) is 38.7 Å². The lowest BCUT2D eigenvalue weighted by Gasteiger charge is -2.08. The van der Waals surface area contributed by atoms with Gasteiger partial charge in [0.25, 0.3) is 0 Å². The molecule has 1 aromatic rings. The lowest BCUT2D eigenvalue weighted by molar-refractivity contribution is 0.0617. The molecule has 96 valence electrons. The van der Waals surface area contributed by atoms with Crippen LogP contribution in [0.5, 0.6) is 0 Å². The van der Waals surface area contributed by atoms with Gasteiger partial charge in [-0.15, -0.1) is 0 Å². The summed E-state index contributed by atoms with van der Waals surface area (Å²) in [5.41, 5.74) is 7.73. The van der Waals surface area contributed by atoms with Crippen LogP contribution in [-0.2, 0) is 16.1 Å². The van der Waals surface area contributed by atoms with Crippen LogP contribution in [0.25, 0.3) is 0 Å². The third-order valence-corrected chi connectivity index (χ3v) is 2.34. The molecule has 0 atom stereocenters. The summed E-state index contributed by atoms with van der Waals surface area (Å²) in [7, 11) is 1.67. The van der Waals surface area contributed by atoms with Gasteiger partial charge in [0, 0.05) is 19.3 Å². The van der Waals surface area contributed by atoms with Crippen LogP contribution in [0.2, 0.25) is 0 Å². The average Bonchev–Trinajstić information content (AvgIpc) is 2.36. The molecular weight excluding hydrogens is 216 g/mol. The number of nitrogens with one attached hydrogen (secondary N) is 1. The third kappa shape index (κ3) is 6.26. The quantitative estimate of drug-likeness (QED) is 0.642. The Kier molecular flexibility index (Phi) is 7.38. The fourth-order valence-electron chi connectivity index (χ4n) is 1.44. The zero-order valence-electron chi connectivity index (χ0n) is 10.4. The van der Waals surface area contributed by atoms with Gasteiger partial charge in [0.2, 0.25) is 0 Å². The molecule has 0 bridgehead atoms. The van der Waals surface area contributed by atoms with Crippen LogP contribution < -0.4 is 11.1 Å². The molecule has 17 heavy (non-hydrogen) atoms. The average molecular weight is 238 g/mol. The molecule has 0 aliphatic carbocycles. The van der Waals surface area contributed by atoms with Crippen molar-refractivity contribution >= 4 is 5.69 Å². The first-order valence-corrected chi connectivity index (χ1v) is 5.96. The van der Waals surface area contributed by atoms with Crippen molar-refractivity contribution in [3.05, 3.63) is 29.8 Å². The fraction of sp³-hybridized carbons (Fsp3) is 0.538. The molecule has 4 nitrogen and oxygen atoms in total. The highest BCUT2D eigenvalue weighted by atomic mass is 16.5. The van der Waals surface area contributed by atoms with Gasteiger partial charge in [-0.3, -0.25) is 0 Å². The molecule has 4 heteroatoms. The van der Waals surface area contributed by atoms with Crippen molar-refractivity contribution in [3.8, 4) is 0 Å². The van der Waals surface area contributed by atoms with Gasteiger partial charge in [-0.25, -0.2) is 0 Å². The minimum absolute atomic E-state index is 0.621. The van der Waals surface area contributed by atoms with E-state index in [1.807, 2.05) is 6.07 Å². The maximum atomic E-state index is 5.47. The topological polar surface area (TPSA) is 56.5 Å². The van der Waals surface area contributed by atoms with E-state index in [1.165, 1.54) is 5.56 Å². The van der Waals surface area contributed by atoms with Crippen molar-refractivity contribution in [1.29, 1.82) is 0 Å². The van der Waals surface area contributed by atoms with Crippen molar-refractivity contribution in [3.63, 3.8) is 0 Å². The zero-order valence-corrected chi connectivity index (χ0v) is 10.4. The van der Waals surface area contributed by atoms with E-state index in [0.717, 1.165) is 18.7 Å². The molecule has 0 aliphatic heterocycles. The molecule has 0 saturated carbocycles. The van der Waals surface area contributed by atoms with E-state index in [4.69, 9.17) is 15.2 Å². The minimum Gasteiger partial charge on any atom is -0.385 e. The molecule has 0 radical (unpaired) electrons. The van der Waals surface area contributed by atoms with Gasteiger partial charge in [0.1, 0.15) is 0 Å². The SMILES string of the molecule is COCCOCc1cccc(NCCCN)c1. The Hall–Kier alpha value is -1.10. The Morgan fingerprint density at radius 1 is 1.29 bits per heavy atom. The van der Waals surface area contributed by atoms with E-state index in [2.05, 4.69) is 23.5 Å². The minimum atomic E-state index is 0.621. The van der Waals surface area contributed by atoms with Gasteiger partial charge in [0.15, 0.2) is 0 Å². The fourth-order valence-corrected chi connectivity index (χ4v) is 1.44. The highest BCUT2D eigenvalue weighted by Gasteiger charge is 1.96. The largest absolute Gasteiger partial charge is 0.385 e. The zero-order chi connectivity index (χ0) is 12.3. The Morgan fingerprint density at radius 3 is 2.94 bits per heavy atom. The van der Waals surface area contributed by atoms with Gasteiger partial charge in [0.05, 0.1) is 19.8 Å². The summed E-state index contributed by atoms with van der Waals surface area (Å²) in [4.78, 5) is 0. The number of benzene rings is 1. The Morgan fingerprint density at radius 2 is 2.18 bits per heavy atom. The summed E-state index contributed by atoms with van der Waals surface area (Å²) in [6, 6.07) is 8.24. The number of hydrogen-bond donors (Lipinski definition) is 2. The normalized spacial score (nSPS) is 10.5. The molecule has 0 heterocycles. The maximum Gasteiger partial charge on any atom is 0.0718 e. The van der Waals surface area contributed by atoms with E-state index in [1.54, 1.807) is 7.11 Å². The van der Waals surface area contributed by atoms with Crippen LogP contribution in [0.15, 0.2) is 24.3 Å². The van der Waals surface area contributed by atoms with Crippen LogP contribution in [0.3, 0.4) is 0 Å². The second-order valence-corrected chi connectivity index (χ2v) is 3.81. The number of ether oxygens (including phenoxy) is 2. The molecule has 1 rings (SSSR count). The summed E-state index contributed by atoms with van der Waals surface area (Å²) in [5.74, 6) is 0. The monoisotopic (exact) mass is 238 g/mol. The second kappa shape index (κ2) is 8.98. The smallest absolute Gasteiger partial charge is 0.0718 e. The predicted molar refractivity (Wildman–Crippen MR) is 70.1 cm³/mol. The summed E-state index contributed by atoms with van der Waals surface area (Å²) < 4.78 is 10.4. The van der Waals surface area contributed by atoms with E-state index < -0.39 is 0 Å². The van der Waals surface area contributed by atoms with Crippen molar-refractivity contribution in [2.45, 2.75) is 13.0 Å². The number of methoxy groups -OCH3 is 1. The Labute approximate surface area is 103 Å². The van der Waals surface area contributed by atoms with Gasteiger partial charge < -0.3 is 20.5 Å². The van der Waals surface area contributed by atoms with E-state index >= 15 is 0 Å². The molecule has 0 fully saturated rings. The number of rotatable bonds is 9. The molecule has 0 aliphatic rings. The van der Waals surface area contributed by atoms with Gasteiger partial charge >= 0.3 is 0 Å². The maximum absolute atomic E-state index is 5.47. The predicted octanol–water partition coefficient (Wildman–Crippen LogP) is 1.61. The Balaban J connectivity index is 2.31. The highest BCUT2D eigenvalue weighted by molar-refractivity contribution is 5.45. The van der Waals surface area contributed by atoms with Crippen LogP contribution >= 0.6 is 0 Å². The summed E-state index contributed by atoms with van der Waals surface area (Å²) in [6.45, 7) is 3.50. The van der Waals surface area contributed by atoms with Crippen molar-refractivity contribution in [1.82, 2.24) is 0 Å². The lowest BCUT2D eigenvalue weighted by Crippen LogP contribution is -2.08. The van der Waals surface area contributed by atoms with Crippen LogP contribution in [-0.4, -0.2) is 33.4 Å². The summed E-state index contributed by atoms with van der Waals surface area (Å²) in [6.07, 6.45) is 0.981. The van der Waals surface area contributed by atoms with Crippen LogP contribution in [0.4, 0.5) is 5.69 Å². The van der Waals surface area contributed by atoms with Gasteiger partial charge in [-0.2, -0.15) is 0 Å². The summed E-state index contributed by atoms with van der Waals surface area (Å²) in [5, 5.41) is 3.33. The first-order valence-electron chi connectivity index (χ1n) is 5.96. The van der Waals surface area contributed by atoms with Gasteiger partial charge in [-0.05, 0) is 30.7 Å². The number of nitrogens with two attached hydrogens (primary N) is 1. The number of anilines is 1. The second-order valence-electron chi connectivity index (χ2n) is 3.81. The highest BCUT2D eigenvalue weighted by Crippen LogP contribution is 2.11. The molecular formula is C13H22N2O2. The molecule has 0 amide bonds. The van der Waals surface area contributed by atoms with E-state index in [9.17, 15) is 0 Å². The van der Waals surface area contributed by atoms with E-state index in [0.29, 0.717) is 26.4 Å². The van der Waals surface area contributed by atoms with E-state index in [-0.39, 0.29) is 0 Å². The molecule has 1 aromatic carbocycles. The van der Waals surface area contributed by atoms with Crippen LogP contribution in [0.1, 0.15) is 12.0 Å². The summed E-state index contributed by atoms with van der Waals surface area (Å²) >= 11 is 0. The third-order valence-electron chi connectivity index (χ3n) is 2.34. The Bertz CT molecular complexity index is 305. The van der Waals surface area contributed by atoms with Crippen LogP contribution in [0, 0.1) is 0 Å². The van der Waals surface area contributed by atoms with Crippen molar-refractivity contribution < 1.29 is 9.47 Å². The molecule has 0 aromatic heterocycles. The number of hydrogen-bond acceptors (Lipinski definition) is 4. The molecule has 0 saturated heterocycles. The van der Waals surface area contributed by atoms with Crippen molar-refractivity contribution in [2.24, 2.45) is 5.73 Å². The first kappa shape index (κ1) is 14.0.